The van der Waals surface area contributed by atoms with Gasteiger partial charge in [-0.15, -0.1) is 0 Å². The highest BCUT2D eigenvalue weighted by molar-refractivity contribution is 7.89. The number of hydrogen-bond acceptors (Lipinski definition) is 9. The first-order valence-corrected chi connectivity index (χ1v) is 15.9. The molecule has 42 heavy (non-hydrogen) atoms. The van der Waals surface area contributed by atoms with E-state index in [1.165, 1.54) is 10.4 Å². The molecular weight excluding hydrogens is 560 g/mol. The summed E-state index contributed by atoms with van der Waals surface area (Å²) in [4.78, 5) is 13.2. The SMILES string of the molecule is CNc1cccc(S(=O)(=O)N(C[C@H](O)[C@H](Cc2ccccc2)NC(=O)O[C@H]2CO[C@H]3OCC[C@H]32)CC(C)(C)CCN)c1. The lowest BCUT2D eigenvalue weighted by Gasteiger charge is -2.35. The molecule has 2 aromatic rings. The van der Waals surface area contributed by atoms with Crippen molar-refractivity contribution in [1.82, 2.24) is 9.62 Å². The summed E-state index contributed by atoms with van der Waals surface area (Å²) in [5.41, 5.74) is 6.89. The smallest absolute Gasteiger partial charge is 0.407 e. The molecule has 2 fully saturated rings. The number of sulfonamides is 1. The molecule has 2 saturated heterocycles. The minimum atomic E-state index is -4.03. The first kappa shape index (κ1) is 32.2. The number of ether oxygens (including phenoxy) is 3. The maximum absolute atomic E-state index is 14.0. The molecule has 12 heteroatoms. The van der Waals surface area contributed by atoms with Crippen molar-refractivity contribution >= 4 is 21.8 Å². The van der Waals surface area contributed by atoms with Crippen LogP contribution in [0.3, 0.4) is 0 Å². The third kappa shape index (κ3) is 8.21. The van der Waals surface area contributed by atoms with Crippen LogP contribution in [-0.4, -0.2) is 88.4 Å². The van der Waals surface area contributed by atoms with E-state index in [9.17, 15) is 18.3 Å². The van der Waals surface area contributed by atoms with Gasteiger partial charge in [0.1, 0.15) is 6.10 Å². The van der Waals surface area contributed by atoms with Gasteiger partial charge in [-0.3, -0.25) is 0 Å². The van der Waals surface area contributed by atoms with Gasteiger partial charge in [0.2, 0.25) is 10.0 Å². The number of carbonyl (C=O) groups excluding carboxylic acids is 1. The van der Waals surface area contributed by atoms with Crippen molar-refractivity contribution in [2.24, 2.45) is 17.1 Å². The third-order valence-corrected chi connectivity index (χ3v) is 9.69. The predicted molar refractivity (Wildman–Crippen MR) is 159 cm³/mol. The highest BCUT2D eigenvalue weighted by Crippen LogP contribution is 2.33. The van der Waals surface area contributed by atoms with Crippen LogP contribution >= 0.6 is 0 Å². The van der Waals surface area contributed by atoms with Crippen LogP contribution in [0.25, 0.3) is 0 Å². The number of amides is 1. The van der Waals surface area contributed by atoms with Crippen LogP contribution in [0.5, 0.6) is 0 Å². The van der Waals surface area contributed by atoms with E-state index in [-0.39, 0.29) is 43.2 Å². The fraction of sp³-hybridized carbons (Fsp3) is 0.567. The molecule has 2 heterocycles. The summed E-state index contributed by atoms with van der Waals surface area (Å²) in [6.45, 7) is 4.94. The Labute approximate surface area is 248 Å². The Balaban J connectivity index is 1.57. The number of hydrogen-bond donors (Lipinski definition) is 4. The fourth-order valence-corrected chi connectivity index (χ4v) is 7.21. The molecule has 5 N–H and O–H groups in total. The van der Waals surface area contributed by atoms with Crippen molar-refractivity contribution in [3.63, 3.8) is 0 Å². The summed E-state index contributed by atoms with van der Waals surface area (Å²) in [5.74, 6) is -0.0352. The summed E-state index contributed by atoms with van der Waals surface area (Å²) >= 11 is 0. The number of nitrogens with two attached hydrogens (primary N) is 1. The lowest BCUT2D eigenvalue weighted by molar-refractivity contribution is -0.0907. The first-order valence-electron chi connectivity index (χ1n) is 14.4. The van der Waals surface area contributed by atoms with E-state index in [4.69, 9.17) is 19.9 Å². The largest absolute Gasteiger partial charge is 0.443 e. The van der Waals surface area contributed by atoms with Crippen LogP contribution in [0.15, 0.2) is 59.5 Å². The monoisotopic (exact) mass is 604 g/mol. The van der Waals surface area contributed by atoms with Crippen LogP contribution in [0.2, 0.25) is 0 Å². The number of fused-ring (bicyclic) bond motifs is 1. The number of anilines is 1. The van der Waals surface area contributed by atoms with E-state index in [0.717, 1.165) is 12.0 Å². The number of alkyl carbamates (subject to hydrolysis) is 1. The molecule has 2 aromatic carbocycles. The van der Waals surface area contributed by atoms with E-state index in [2.05, 4.69) is 10.6 Å². The van der Waals surface area contributed by atoms with Gasteiger partial charge in [-0.05, 0) is 55.0 Å². The third-order valence-electron chi connectivity index (χ3n) is 7.89. The molecule has 5 atom stereocenters. The van der Waals surface area contributed by atoms with Crippen LogP contribution in [-0.2, 0) is 30.7 Å². The highest BCUT2D eigenvalue weighted by atomic mass is 32.2. The van der Waals surface area contributed by atoms with Gasteiger partial charge in [0, 0.05) is 25.8 Å². The number of rotatable bonds is 14. The minimum Gasteiger partial charge on any atom is -0.443 e. The summed E-state index contributed by atoms with van der Waals surface area (Å²) in [7, 11) is -2.31. The Morgan fingerprint density at radius 3 is 2.67 bits per heavy atom. The van der Waals surface area contributed by atoms with Crippen LogP contribution < -0.4 is 16.4 Å². The molecule has 0 radical (unpaired) electrons. The Morgan fingerprint density at radius 1 is 1.19 bits per heavy atom. The molecule has 1 amide bonds. The van der Waals surface area contributed by atoms with Crippen LogP contribution in [0.4, 0.5) is 10.5 Å². The zero-order valence-corrected chi connectivity index (χ0v) is 25.4. The van der Waals surface area contributed by atoms with Gasteiger partial charge < -0.3 is 35.7 Å². The Bertz CT molecular complexity index is 1280. The second-order valence-corrected chi connectivity index (χ2v) is 13.7. The molecule has 0 bridgehead atoms. The number of aliphatic hydroxyl groups is 1. The topological polar surface area (TPSA) is 152 Å². The molecule has 0 unspecified atom stereocenters. The molecule has 0 aliphatic carbocycles. The van der Waals surface area contributed by atoms with Crippen molar-refractivity contribution < 1.29 is 32.5 Å². The predicted octanol–water partition coefficient (Wildman–Crippen LogP) is 2.55. The van der Waals surface area contributed by atoms with E-state index in [1.54, 1.807) is 25.2 Å². The zero-order valence-electron chi connectivity index (χ0n) is 24.6. The van der Waals surface area contributed by atoms with Gasteiger partial charge in [0.25, 0.3) is 0 Å². The number of aliphatic hydroxyl groups excluding tert-OH is 1. The fourth-order valence-electron chi connectivity index (χ4n) is 5.51. The van der Waals surface area contributed by atoms with Crippen molar-refractivity contribution in [2.45, 2.75) is 62.5 Å². The highest BCUT2D eigenvalue weighted by Gasteiger charge is 2.44. The van der Waals surface area contributed by atoms with Crippen molar-refractivity contribution in [3.05, 3.63) is 60.2 Å². The Hall–Kier alpha value is -2.74. The maximum Gasteiger partial charge on any atom is 0.407 e. The van der Waals surface area contributed by atoms with Gasteiger partial charge in [-0.1, -0.05) is 50.2 Å². The van der Waals surface area contributed by atoms with Crippen molar-refractivity contribution in [3.8, 4) is 0 Å². The molecule has 0 aromatic heterocycles. The van der Waals surface area contributed by atoms with E-state index >= 15 is 0 Å². The van der Waals surface area contributed by atoms with Gasteiger partial charge in [0.05, 0.1) is 36.2 Å². The number of nitrogens with zero attached hydrogens (tertiary/aromatic N) is 1. The normalized spacial score (nSPS) is 22.0. The molecule has 232 valence electrons. The number of benzene rings is 2. The molecule has 0 spiro atoms. The van der Waals surface area contributed by atoms with Gasteiger partial charge >= 0.3 is 6.09 Å². The first-order chi connectivity index (χ1) is 20.0. The second-order valence-electron chi connectivity index (χ2n) is 11.8. The molecule has 4 rings (SSSR count). The average molecular weight is 605 g/mol. The zero-order chi connectivity index (χ0) is 30.3. The summed E-state index contributed by atoms with van der Waals surface area (Å²) in [6, 6.07) is 15.1. The van der Waals surface area contributed by atoms with Crippen molar-refractivity contribution in [1.29, 1.82) is 0 Å². The minimum absolute atomic E-state index is 0.0352. The molecule has 0 saturated carbocycles. The Kier molecular flexibility index (Phi) is 10.8. The van der Waals surface area contributed by atoms with Gasteiger partial charge in [0.15, 0.2) is 6.29 Å². The second kappa shape index (κ2) is 14.2. The van der Waals surface area contributed by atoms with Gasteiger partial charge in [-0.25, -0.2) is 13.2 Å². The van der Waals surface area contributed by atoms with Crippen LogP contribution in [0.1, 0.15) is 32.3 Å². The number of carbonyl (C=O) groups is 1. The van der Waals surface area contributed by atoms with Crippen molar-refractivity contribution in [2.75, 3.05) is 45.2 Å². The summed E-state index contributed by atoms with van der Waals surface area (Å²) < 4.78 is 46.1. The molecular formula is C30H44N4O7S. The van der Waals surface area contributed by atoms with E-state index in [0.29, 0.717) is 25.3 Å². The van der Waals surface area contributed by atoms with E-state index in [1.807, 2.05) is 44.2 Å². The standard InChI is InChI=1S/C30H44N4O7S/c1-30(2,13-14-31)20-34(42(37,38)23-11-7-10-22(17-23)32-3)18-26(35)25(16-21-8-5-4-6-9-21)33-29(36)41-27-19-40-28-24(27)12-15-39-28/h4-11,17,24-28,32,35H,12-16,18-20,31H2,1-3H3,(H,33,36)/t24-,25-,26-,27-,28+/m0/s1. The number of nitrogens with one attached hydrogen (secondary N) is 2. The summed E-state index contributed by atoms with van der Waals surface area (Å²) in [6.07, 6.45) is -1.20. The molecule has 11 nitrogen and oxygen atoms in total. The summed E-state index contributed by atoms with van der Waals surface area (Å²) in [5, 5.41) is 17.4. The average Bonchev–Trinajstić information content (AvgIpc) is 3.58. The maximum atomic E-state index is 14.0. The Morgan fingerprint density at radius 2 is 1.95 bits per heavy atom. The van der Waals surface area contributed by atoms with E-state index < -0.39 is 39.8 Å². The van der Waals surface area contributed by atoms with Gasteiger partial charge in [-0.2, -0.15) is 4.31 Å². The molecule has 2 aliphatic heterocycles. The molecule has 2 aliphatic rings. The van der Waals surface area contributed by atoms with Crippen LogP contribution in [0, 0.1) is 11.3 Å². The quantitative estimate of drug-likeness (QED) is 0.255. The lowest BCUT2D eigenvalue weighted by atomic mass is 9.89. The lowest BCUT2D eigenvalue weighted by Crippen LogP contribution is -2.52.